The molecule has 5 rings (SSSR count). The summed E-state index contributed by atoms with van der Waals surface area (Å²) in [6, 6.07) is 3.92. The lowest BCUT2D eigenvalue weighted by Crippen LogP contribution is -2.66. The molecule has 0 aromatic heterocycles. The smallest absolute Gasteiger partial charge is 0.214 e. The molecule has 0 amide bonds. The second-order valence-corrected chi connectivity index (χ2v) is 12.8. The van der Waals surface area contributed by atoms with Crippen LogP contribution in [0.25, 0.3) is 0 Å². The second kappa shape index (κ2) is 7.46. The first-order valence-corrected chi connectivity index (χ1v) is 12.9. The van der Waals surface area contributed by atoms with E-state index in [1.165, 1.54) is 4.90 Å². The highest BCUT2D eigenvalue weighted by Crippen LogP contribution is 2.59. The number of amidine groups is 1. The quantitative estimate of drug-likeness (QED) is 0.301. The van der Waals surface area contributed by atoms with E-state index in [9.17, 15) is 13.7 Å². The van der Waals surface area contributed by atoms with Gasteiger partial charge in [-0.2, -0.15) is 5.26 Å². The lowest BCUT2D eigenvalue weighted by atomic mass is 9.53. The Morgan fingerprint density at radius 2 is 1.72 bits per heavy atom. The van der Waals surface area contributed by atoms with Gasteiger partial charge >= 0.3 is 0 Å². The monoisotopic (exact) mass is 458 g/mol. The maximum absolute atomic E-state index is 12.5. The van der Waals surface area contributed by atoms with Crippen LogP contribution < -0.4 is 9.88 Å². The molecule has 0 heterocycles. The summed E-state index contributed by atoms with van der Waals surface area (Å²) in [5, 5.41) is 24.8. The maximum atomic E-state index is 12.5. The fraction of sp³-hybridized carbons (Fsp3) is 0.667. The average molecular weight is 459 g/mol. The van der Waals surface area contributed by atoms with Crippen LogP contribution in [0.1, 0.15) is 62.6 Å². The predicted octanol–water partition coefficient (Wildman–Crippen LogP) is 3.77. The summed E-state index contributed by atoms with van der Waals surface area (Å²) in [6.45, 7) is 9.65. The van der Waals surface area contributed by atoms with Crippen LogP contribution in [0.4, 0.5) is 0 Å². The van der Waals surface area contributed by atoms with Gasteiger partial charge in [0, 0.05) is 0 Å². The molecule has 4 bridgehead atoms. The highest BCUT2D eigenvalue weighted by Gasteiger charge is 2.61. The van der Waals surface area contributed by atoms with Gasteiger partial charge in [-0.1, -0.05) is 17.7 Å². The van der Waals surface area contributed by atoms with Crippen LogP contribution in [-0.2, 0) is 10.0 Å². The third kappa shape index (κ3) is 3.60. The molecule has 2 unspecified atom stereocenters. The Balaban J connectivity index is 1.61. The number of nitriles is 1. The second-order valence-electron chi connectivity index (χ2n) is 10.8. The van der Waals surface area contributed by atoms with E-state index in [0.29, 0.717) is 25.2 Å². The van der Waals surface area contributed by atoms with Gasteiger partial charge in [0.25, 0.3) is 0 Å². The number of nitrogens with one attached hydrogen (secondary N) is 1. The highest BCUT2D eigenvalue weighted by molar-refractivity contribution is 7.90. The minimum atomic E-state index is -3.66. The molecule has 0 radical (unpaired) electrons. The third-order valence-electron chi connectivity index (χ3n) is 7.95. The molecule has 4 aliphatic rings. The minimum Gasteiger partial charge on any atom is -0.479 e. The molecule has 3 N–H and O–H groups in total. The van der Waals surface area contributed by atoms with Crippen molar-refractivity contribution in [3.05, 3.63) is 28.8 Å². The number of ether oxygens (including phenoxy) is 1. The SMILES string of the molecule is Cc1cc(C)c(OC(C)(C)C(=N)N(C#N)C2C3CC4CC2CC(S(N)(=O)=O)(C4)C3)c(C)c1. The first-order chi connectivity index (χ1) is 14.8. The molecule has 1 aromatic carbocycles. The molecule has 8 heteroatoms. The van der Waals surface area contributed by atoms with Gasteiger partial charge in [0.2, 0.25) is 10.0 Å². The lowest BCUT2D eigenvalue weighted by molar-refractivity contribution is -0.0245. The third-order valence-corrected chi connectivity index (χ3v) is 9.66. The summed E-state index contributed by atoms with van der Waals surface area (Å²) in [5.74, 6) is 1.26. The molecule has 0 aliphatic heterocycles. The van der Waals surface area contributed by atoms with Crippen LogP contribution >= 0.6 is 0 Å². The Morgan fingerprint density at radius 1 is 1.19 bits per heavy atom. The van der Waals surface area contributed by atoms with Crippen molar-refractivity contribution in [1.29, 1.82) is 10.7 Å². The summed E-state index contributed by atoms with van der Waals surface area (Å²) in [5.41, 5.74) is 2.12. The summed E-state index contributed by atoms with van der Waals surface area (Å²) in [7, 11) is -3.66. The van der Waals surface area contributed by atoms with E-state index in [2.05, 4.69) is 18.3 Å². The van der Waals surface area contributed by atoms with Crippen LogP contribution in [0.15, 0.2) is 12.1 Å². The van der Waals surface area contributed by atoms with Crippen molar-refractivity contribution in [2.24, 2.45) is 22.9 Å². The van der Waals surface area contributed by atoms with Gasteiger partial charge < -0.3 is 4.74 Å². The fourth-order valence-corrected chi connectivity index (χ4v) is 8.24. The summed E-state index contributed by atoms with van der Waals surface area (Å²) in [4.78, 5) is 1.50. The molecule has 2 atom stereocenters. The maximum Gasteiger partial charge on any atom is 0.214 e. The number of nitrogens with two attached hydrogens (primary N) is 1. The molecule has 174 valence electrons. The Kier molecular flexibility index (Phi) is 5.38. The van der Waals surface area contributed by atoms with Gasteiger partial charge in [0.1, 0.15) is 5.75 Å². The molecular formula is C24H34N4O3S. The van der Waals surface area contributed by atoms with E-state index in [0.717, 1.165) is 35.3 Å². The first kappa shape index (κ1) is 23.1. The normalized spacial score (nSPS) is 31.3. The number of hydrogen-bond acceptors (Lipinski definition) is 5. The van der Waals surface area contributed by atoms with E-state index < -0.39 is 20.4 Å². The highest BCUT2D eigenvalue weighted by atomic mass is 32.2. The lowest BCUT2D eigenvalue weighted by Gasteiger charge is -2.60. The van der Waals surface area contributed by atoms with Crippen LogP contribution in [-0.4, -0.2) is 35.5 Å². The summed E-state index contributed by atoms with van der Waals surface area (Å²) < 4.78 is 30.4. The van der Waals surface area contributed by atoms with Crippen molar-refractivity contribution in [2.45, 2.75) is 83.1 Å². The first-order valence-electron chi connectivity index (χ1n) is 11.4. The van der Waals surface area contributed by atoms with E-state index >= 15 is 0 Å². The number of nitrogens with zero attached hydrogens (tertiary/aromatic N) is 2. The molecule has 4 saturated carbocycles. The molecule has 7 nitrogen and oxygen atoms in total. The van der Waals surface area contributed by atoms with Crippen LogP contribution in [0.3, 0.4) is 0 Å². The molecule has 4 fully saturated rings. The number of hydrogen-bond donors (Lipinski definition) is 2. The Labute approximate surface area is 191 Å². The van der Waals surface area contributed by atoms with E-state index in [-0.39, 0.29) is 23.7 Å². The van der Waals surface area contributed by atoms with E-state index in [1.54, 1.807) is 0 Å². The number of rotatable bonds is 5. The van der Waals surface area contributed by atoms with Crippen molar-refractivity contribution in [2.75, 3.05) is 0 Å². The Morgan fingerprint density at radius 3 is 2.19 bits per heavy atom. The number of primary sulfonamides is 1. The molecule has 32 heavy (non-hydrogen) atoms. The van der Waals surface area contributed by atoms with Gasteiger partial charge in [-0.15, -0.1) is 0 Å². The van der Waals surface area contributed by atoms with Gasteiger partial charge in [-0.25, -0.2) is 13.6 Å². The molecular weight excluding hydrogens is 424 g/mol. The standard InChI is InChI=1S/C24H34N4O3S/c1-14-6-15(2)21(16(3)7-14)31-23(4,5)22(26)28(13-25)20-18-8-17-9-19(20)12-24(10-17,11-18)32(27,29)30/h6-7,17-20,26H,8-12H2,1-5H3,(H2,27,29,30). The Hall–Kier alpha value is -2.11. The van der Waals surface area contributed by atoms with Gasteiger partial charge in [0.15, 0.2) is 17.6 Å². The van der Waals surface area contributed by atoms with Crippen LogP contribution in [0, 0.1) is 55.4 Å². The van der Waals surface area contributed by atoms with Crippen LogP contribution in [0.5, 0.6) is 5.75 Å². The fourth-order valence-electron chi connectivity index (χ4n) is 6.88. The van der Waals surface area contributed by atoms with Gasteiger partial charge in [-0.05, 0) is 95.6 Å². The predicted molar refractivity (Wildman–Crippen MR) is 124 cm³/mol. The molecule has 0 spiro atoms. The van der Waals surface area contributed by atoms with Crippen molar-refractivity contribution in [1.82, 2.24) is 4.90 Å². The zero-order valence-electron chi connectivity index (χ0n) is 19.6. The topological polar surface area (TPSA) is 120 Å². The number of sulfonamides is 1. The zero-order valence-corrected chi connectivity index (χ0v) is 20.4. The average Bonchev–Trinajstić information content (AvgIpc) is 2.65. The minimum absolute atomic E-state index is 0.0400. The summed E-state index contributed by atoms with van der Waals surface area (Å²) in [6.07, 6.45) is 5.63. The van der Waals surface area contributed by atoms with Crippen molar-refractivity contribution in [3.63, 3.8) is 0 Å². The van der Waals surface area contributed by atoms with Gasteiger partial charge in [-0.3, -0.25) is 10.3 Å². The largest absolute Gasteiger partial charge is 0.479 e. The molecule has 0 saturated heterocycles. The molecule has 1 aromatic rings. The zero-order chi connectivity index (χ0) is 23.6. The van der Waals surface area contributed by atoms with Crippen molar-refractivity contribution in [3.8, 4) is 11.9 Å². The van der Waals surface area contributed by atoms with Crippen LogP contribution in [0.2, 0.25) is 0 Å². The van der Waals surface area contributed by atoms with E-state index in [4.69, 9.17) is 15.3 Å². The van der Waals surface area contributed by atoms with Crippen molar-refractivity contribution >= 4 is 15.9 Å². The van der Waals surface area contributed by atoms with Crippen molar-refractivity contribution < 1.29 is 13.2 Å². The van der Waals surface area contributed by atoms with Gasteiger partial charge in [0.05, 0.1) is 10.8 Å². The number of benzene rings is 1. The summed E-state index contributed by atoms with van der Waals surface area (Å²) >= 11 is 0. The molecule has 4 aliphatic carbocycles. The number of aryl methyl sites for hydroxylation is 3. The van der Waals surface area contributed by atoms with E-state index in [1.807, 2.05) is 34.6 Å². The Bertz CT molecular complexity index is 1070.